The quantitative estimate of drug-likeness (QED) is 0.563. The van der Waals surface area contributed by atoms with Crippen LogP contribution >= 0.6 is 24.0 Å². The maximum absolute atomic E-state index is 12.9. The van der Waals surface area contributed by atoms with Gasteiger partial charge < -0.3 is 9.47 Å². The highest BCUT2D eigenvalue weighted by Gasteiger charge is 2.39. The minimum atomic E-state index is 0.0873. The molecule has 2 saturated heterocycles. The first-order valence-electron chi connectivity index (χ1n) is 9.81. The molecule has 1 amide bonds. The van der Waals surface area contributed by atoms with Crippen molar-refractivity contribution in [3.05, 3.63) is 45.4 Å². The molecule has 4 heterocycles. The summed E-state index contributed by atoms with van der Waals surface area (Å²) in [5.41, 5.74) is 1.24. The molecule has 4 aliphatic rings. The Hall–Kier alpha value is -1.60. The summed E-state index contributed by atoms with van der Waals surface area (Å²) in [5, 5.41) is 0. The molecule has 3 aliphatic heterocycles. The summed E-state index contributed by atoms with van der Waals surface area (Å²) in [6.45, 7) is 2.52. The Labute approximate surface area is 168 Å². The Morgan fingerprint density at radius 1 is 1.11 bits per heavy atom. The summed E-state index contributed by atoms with van der Waals surface area (Å²) in [7, 11) is 0. The van der Waals surface area contributed by atoms with Crippen molar-refractivity contribution in [3.63, 3.8) is 0 Å². The Morgan fingerprint density at radius 2 is 1.93 bits per heavy atom. The summed E-state index contributed by atoms with van der Waals surface area (Å²) < 4.78 is 2.66. The molecule has 2 bridgehead atoms. The molecular weight excluding hydrogens is 378 g/mol. The van der Waals surface area contributed by atoms with Crippen molar-refractivity contribution in [1.82, 2.24) is 14.4 Å². The maximum Gasteiger partial charge on any atom is 0.267 e. The van der Waals surface area contributed by atoms with E-state index in [1.54, 1.807) is 6.07 Å². The van der Waals surface area contributed by atoms with Gasteiger partial charge in [-0.2, -0.15) is 0 Å². The van der Waals surface area contributed by atoms with Gasteiger partial charge in [-0.3, -0.25) is 14.5 Å². The molecule has 1 aromatic heterocycles. The molecule has 1 aromatic rings. The number of aromatic nitrogens is 1. The fourth-order valence-electron chi connectivity index (χ4n) is 5.15. The van der Waals surface area contributed by atoms with E-state index in [0.717, 1.165) is 49.5 Å². The van der Waals surface area contributed by atoms with E-state index in [2.05, 4.69) is 11.0 Å². The van der Waals surface area contributed by atoms with Crippen molar-refractivity contribution in [2.75, 3.05) is 13.1 Å². The monoisotopic (exact) mass is 401 g/mol. The van der Waals surface area contributed by atoms with Gasteiger partial charge in [0, 0.05) is 49.6 Å². The maximum atomic E-state index is 12.9. The number of pyridine rings is 1. The van der Waals surface area contributed by atoms with E-state index < -0.39 is 0 Å². The predicted molar refractivity (Wildman–Crippen MR) is 110 cm³/mol. The number of thiocarbonyl (C=S) groups is 1. The molecule has 7 heteroatoms. The van der Waals surface area contributed by atoms with Crippen LogP contribution in [0.4, 0.5) is 0 Å². The van der Waals surface area contributed by atoms with Gasteiger partial charge in [0.1, 0.15) is 4.32 Å². The third-order valence-electron chi connectivity index (χ3n) is 6.32. The van der Waals surface area contributed by atoms with Gasteiger partial charge in [-0.1, -0.05) is 42.9 Å². The number of fused-ring (bicyclic) bond motifs is 4. The Balaban J connectivity index is 1.37. The van der Waals surface area contributed by atoms with Crippen LogP contribution in [0.1, 0.15) is 43.7 Å². The molecule has 5 nitrogen and oxygen atoms in total. The second-order valence-electron chi connectivity index (χ2n) is 8.13. The molecule has 0 aromatic carbocycles. The molecule has 5 rings (SSSR count). The van der Waals surface area contributed by atoms with Crippen molar-refractivity contribution in [3.8, 4) is 0 Å². The first kappa shape index (κ1) is 17.5. The van der Waals surface area contributed by atoms with Crippen LogP contribution in [0.3, 0.4) is 0 Å². The molecule has 142 valence electrons. The second kappa shape index (κ2) is 6.78. The number of carbonyl (C=O) groups is 1. The van der Waals surface area contributed by atoms with E-state index in [9.17, 15) is 9.59 Å². The molecule has 2 atom stereocenters. The second-order valence-corrected chi connectivity index (χ2v) is 9.80. The van der Waals surface area contributed by atoms with Crippen LogP contribution < -0.4 is 5.56 Å². The van der Waals surface area contributed by atoms with Crippen LogP contribution in [0.15, 0.2) is 34.1 Å². The molecule has 2 unspecified atom stereocenters. The van der Waals surface area contributed by atoms with Crippen LogP contribution in [0.2, 0.25) is 0 Å². The van der Waals surface area contributed by atoms with Gasteiger partial charge in [0.25, 0.3) is 11.5 Å². The summed E-state index contributed by atoms with van der Waals surface area (Å²) in [4.78, 5) is 30.0. The van der Waals surface area contributed by atoms with Crippen LogP contribution in [0.5, 0.6) is 0 Å². The SMILES string of the molecule is O=C1/C(=C/N2CC3CC(C2)c2cccc(=O)n2C3)SC(=S)N1C1CCCC1. The summed E-state index contributed by atoms with van der Waals surface area (Å²) in [6.07, 6.45) is 7.67. The van der Waals surface area contributed by atoms with Gasteiger partial charge in [-0.05, 0) is 31.2 Å². The van der Waals surface area contributed by atoms with E-state index in [1.165, 1.54) is 24.6 Å². The molecule has 1 saturated carbocycles. The van der Waals surface area contributed by atoms with Crippen molar-refractivity contribution >= 4 is 34.2 Å². The first-order chi connectivity index (χ1) is 13.1. The highest BCUT2D eigenvalue weighted by Crippen LogP contribution is 2.39. The predicted octanol–water partition coefficient (Wildman–Crippen LogP) is 2.91. The lowest BCUT2D eigenvalue weighted by molar-refractivity contribution is -0.123. The lowest BCUT2D eigenvalue weighted by Gasteiger charge is -2.42. The molecule has 3 fully saturated rings. The lowest BCUT2D eigenvalue weighted by atomic mass is 9.83. The Morgan fingerprint density at radius 3 is 2.74 bits per heavy atom. The number of likely N-dealkylation sites (tertiary alicyclic amines) is 1. The minimum Gasteiger partial charge on any atom is -0.375 e. The Bertz CT molecular complexity index is 887. The lowest BCUT2D eigenvalue weighted by Crippen LogP contribution is -2.45. The number of hydrogen-bond acceptors (Lipinski definition) is 5. The van der Waals surface area contributed by atoms with Gasteiger partial charge in [0.2, 0.25) is 0 Å². The first-order valence-corrected chi connectivity index (χ1v) is 11.0. The highest BCUT2D eigenvalue weighted by atomic mass is 32.2. The molecule has 0 radical (unpaired) electrons. The van der Waals surface area contributed by atoms with Crippen LogP contribution in [-0.4, -0.2) is 43.7 Å². The van der Waals surface area contributed by atoms with Gasteiger partial charge in [-0.15, -0.1) is 0 Å². The molecular formula is C20H23N3O2S2. The van der Waals surface area contributed by atoms with Crippen molar-refractivity contribution in [2.24, 2.45) is 5.92 Å². The third-order valence-corrected chi connectivity index (χ3v) is 7.64. The van der Waals surface area contributed by atoms with Crippen molar-refractivity contribution in [1.29, 1.82) is 0 Å². The van der Waals surface area contributed by atoms with Gasteiger partial charge in [-0.25, -0.2) is 0 Å². The Kier molecular flexibility index (Phi) is 4.39. The number of amides is 1. The van der Waals surface area contributed by atoms with Crippen molar-refractivity contribution < 1.29 is 4.79 Å². The normalized spacial score (nSPS) is 29.7. The average Bonchev–Trinajstić information content (AvgIpc) is 3.24. The zero-order valence-corrected chi connectivity index (χ0v) is 16.8. The molecule has 0 spiro atoms. The zero-order valence-electron chi connectivity index (χ0n) is 15.2. The fraction of sp³-hybridized carbons (Fsp3) is 0.550. The largest absolute Gasteiger partial charge is 0.375 e. The summed E-state index contributed by atoms with van der Waals surface area (Å²) in [5.74, 6) is 0.888. The smallest absolute Gasteiger partial charge is 0.267 e. The summed E-state index contributed by atoms with van der Waals surface area (Å²) >= 11 is 6.97. The van der Waals surface area contributed by atoms with Crippen molar-refractivity contribution in [2.45, 2.75) is 50.6 Å². The van der Waals surface area contributed by atoms with Crippen LogP contribution in [0, 0.1) is 5.92 Å². The average molecular weight is 402 g/mol. The third kappa shape index (κ3) is 3.05. The van der Waals surface area contributed by atoms with Crippen LogP contribution in [0.25, 0.3) is 0 Å². The van der Waals surface area contributed by atoms with E-state index in [0.29, 0.717) is 22.2 Å². The molecule has 0 N–H and O–H groups in total. The number of hydrogen-bond donors (Lipinski definition) is 0. The molecule has 1 aliphatic carbocycles. The highest BCUT2D eigenvalue weighted by molar-refractivity contribution is 8.26. The number of nitrogens with zero attached hydrogens (tertiary/aromatic N) is 3. The van der Waals surface area contributed by atoms with Crippen LogP contribution in [-0.2, 0) is 11.3 Å². The van der Waals surface area contributed by atoms with E-state index in [-0.39, 0.29) is 11.5 Å². The van der Waals surface area contributed by atoms with Gasteiger partial charge in [0.05, 0.1) is 4.91 Å². The van der Waals surface area contributed by atoms with Gasteiger partial charge >= 0.3 is 0 Å². The number of thioether (sulfide) groups is 1. The van der Waals surface area contributed by atoms with E-state index >= 15 is 0 Å². The number of carbonyl (C=O) groups excluding carboxylic acids is 1. The standard InChI is InChI=1S/C20H23N3O2S2/c24-18-7-3-6-16-14-8-13(10-22(16)18)9-21(11-14)12-17-19(25)23(20(26)27-17)15-4-1-2-5-15/h3,6-7,12-15H,1-2,4-5,8-11H2/b17-12-. The zero-order chi connectivity index (χ0) is 18.5. The van der Waals surface area contributed by atoms with E-state index in [4.69, 9.17) is 12.2 Å². The number of piperidine rings is 1. The van der Waals surface area contributed by atoms with E-state index in [1.807, 2.05) is 21.7 Å². The number of rotatable bonds is 2. The van der Waals surface area contributed by atoms with Gasteiger partial charge in [0.15, 0.2) is 0 Å². The summed E-state index contributed by atoms with van der Waals surface area (Å²) in [6, 6.07) is 5.88. The topological polar surface area (TPSA) is 45.6 Å². The minimum absolute atomic E-state index is 0.0873. The fourth-order valence-corrected chi connectivity index (χ4v) is 6.56. The molecule has 27 heavy (non-hydrogen) atoms.